The molecule has 0 spiro atoms. The fourth-order valence-corrected chi connectivity index (χ4v) is 1.80. The Bertz CT molecular complexity index is 387. The third-order valence-electron chi connectivity index (χ3n) is 2.57. The molecule has 0 aliphatic heterocycles. The molecule has 0 nitrogen and oxygen atoms in total. The summed E-state index contributed by atoms with van der Waals surface area (Å²) in [6.07, 6.45) is 3.80. The molecule has 0 saturated heterocycles. The van der Waals surface area contributed by atoms with Gasteiger partial charge in [-0.15, -0.1) is 40.6 Å². The van der Waals surface area contributed by atoms with E-state index in [0.29, 0.717) is 0 Å². The summed E-state index contributed by atoms with van der Waals surface area (Å²) in [5.41, 5.74) is 1.51. The standard InChI is InChI=1S/C13H15.Zr/c1-2-3-6-11-9-10-12-7-4-5-8-13(11)12;/h4-5,7-10H,2-3,6H2,1H3;/q-1;. The molecule has 72 valence electrons. The molecule has 0 unspecified atom stereocenters. The van der Waals surface area contributed by atoms with Crippen molar-refractivity contribution >= 4 is 10.8 Å². The Morgan fingerprint density at radius 1 is 1.14 bits per heavy atom. The average Bonchev–Trinajstić information content (AvgIpc) is 2.58. The summed E-state index contributed by atoms with van der Waals surface area (Å²) in [5.74, 6) is 0. The van der Waals surface area contributed by atoms with Gasteiger partial charge in [-0.25, -0.2) is 0 Å². The molecule has 14 heavy (non-hydrogen) atoms. The Balaban J connectivity index is 0.000000980. The van der Waals surface area contributed by atoms with E-state index in [9.17, 15) is 0 Å². The monoisotopic (exact) mass is 261 g/mol. The van der Waals surface area contributed by atoms with Crippen molar-refractivity contribution < 1.29 is 26.2 Å². The minimum Gasteiger partial charge on any atom is -0.168 e. The van der Waals surface area contributed by atoms with Gasteiger partial charge in [0.2, 0.25) is 0 Å². The van der Waals surface area contributed by atoms with Gasteiger partial charge in [0.25, 0.3) is 0 Å². The number of fused-ring (bicyclic) bond motifs is 1. The van der Waals surface area contributed by atoms with E-state index < -0.39 is 0 Å². The van der Waals surface area contributed by atoms with Crippen LogP contribution in [0.2, 0.25) is 0 Å². The predicted octanol–water partition coefficient (Wildman–Crippen LogP) is 3.90. The predicted molar refractivity (Wildman–Crippen MR) is 58.2 cm³/mol. The second-order valence-electron chi connectivity index (χ2n) is 3.55. The topological polar surface area (TPSA) is 0 Å². The molecule has 2 aromatic carbocycles. The first-order chi connectivity index (χ1) is 6.42. The molecule has 0 aromatic heterocycles. The van der Waals surface area contributed by atoms with Gasteiger partial charge in [0.05, 0.1) is 0 Å². The maximum atomic E-state index is 2.26. The van der Waals surface area contributed by atoms with Crippen molar-refractivity contribution in [1.82, 2.24) is 0 Å². The van der Waals surface area contributed by atoms with Crippen molar-refractivity contribution in [1.29, 1.82) is 0 Å². The second-order valence-corrected chi connectivity index (χ2v) is 3.55. The van der Waals surface area contributed by atoms with Gasteiger partial charge in [-0.2, -0.15) is 6.07 Å². The maximum Gasteiger partial charge on any atom is 0 e. The van der Waals surface area contributed by atoms with Gasteiger partial charge in [-0.3, -0.25) is 0 Å². The smallest absolute Gasteiger partial charge is 0 e. The number of unbranched alkanes of at least 4 members (excludes halogenated alkanes) is 1. The summed E-state index contributed by atoms with van der Waals surface area (Å²) >= 11 is 0. The van der Waals surface area contributed by atoms with Crippen LogP contribution in [0.15, 0.2) is 36.4 Å². The van der Waals surface area contributed by atoms with Crippen molar-refractivity contribution in [2.45, 2.75) is 26.2 Å². The molecule has 0 bridgehead atoms. The van der Waals surface area contributed by atoms with E-state index in [2.05, 4.69) is 43.3 Å². The van der Waals surface area contributed by atoms with Crippen LogP contribution in [0.5, 0.6) is 0 Å². The van der Waals surface area contributed by atoms with Crippen LogP contribution in [0.4, 0.5) is 0 Å². The van der Waals surface area contributed by atoms with E-state index >= 15 is 0 Å². The van der Waals surface area contributed by atoms with Crippen LogP contribution < -0.4 is 0 Å². The van der Waals surface area contributed by atoms with Crippen LogP contribution in [-0.2, 0) is 32.6 Å². The van der Waals surface area contributed by atoms with Crippen LogP contribution >= 0.6 is 0 Å². The number of hydrogen-bond acceptors (Lipinski definition) is 0. The van der Waals surface area contributed by atoms with Gasteiger partial charge in [-0.1, -0.05) is 32.3 Å². The molecule has 2 aromatic rings. The van der Waals surface area contributed by atoms with Crippen molar-refractivity contribution in [2.75, 3.05) is 0 Å². The Kier molecular flexibility index (Phi) is 4.68. The molecule has 0 atom stereocenters. The molecular formula is C13H15Zr-. The minimum absolute atomic E-state index is 0. The Morgan fingerprint density at radius 2 is 1.93 bits per heavy atom. The van der Waals surface area contributed by atoms with E-state index in [1.807, 2.05) is 0 Å². The van der Waals surface area contributed by atoms with Crippen LogP contribution in [0, 0.1) is 0 Å². The van der Waals surface area contributed by atoms with Gasteiger partial charge >= 0.3 is 0 Å². The molecule has 0 saturated carbocycles. The van der Waals surface area contributed by atoms with Crippen LogP contribution in [0.1, 0.15) is 25.3 Å². The van der Waals surface area contributed by atoms with E-state index in [1.165, 1.54) is 35.6 Å². The molecule has 0 fully saturated rings. The third kappa shape index (κ3) is 2.39. The van der Waals surface area contributed by atoms with E-state index in [0.717, 1.165) is 0 Å². The molecule has 0 aliphatic carbocycles. The fraction of sp³-hybridized carbons (Fsp3) is 0.308. The molecule has 1 heteroatoms. The van der Waals surface area contributed by atoms with Gasteiger partial charge in [0.1, 0.15) is 0 Å². The van der Waals surface area contributed by atoms with E-state index in [1.54, 1.807) is 0 Å². The first-order valence-electron chi connectivity index (χ1n) is 5.05. The van der Waals surface area contributed by atoms with Gasteiger partial charge in [0.15, 0.2) is 0 Å². The Labute approximate surface area is 105 Å². The summed E-state index contributed by atoms with van der Waals surface area (Å²) in [6, 6.07) is 13.1. The average molecular weight is 262 g/mol. The van der Waals surface area contributed by atoms with Crippen LogP contribution in [-0.4, -0.2) is 0 Å². The molecule has 0 aliphatic rings. The zero-order valence-electron chi connectivity index (χ0n) is 8.59. The quantitative estimate of drug-likeness (QED) is 0.736. The van der Waals surface area contributed by atoms with Crippen molar-refractivity contribution in [3.63, 3.8) is 0 Å². The third-order valence-corrected chi connectivity index (χ3v) is 2.57. The van der Waals surface area contributed by atoms with Gasteiger partial charge < -0.3 is 0 Å². The van der Waals surface area contributed by atoms with Gasteiger partial charge in [-0.05, 0) is 0 Å². The van der Waals surface area contributed by atoms with E-state index in [4.69, 9.17) is 0 Å². The molecule has 0 heterocycles. The van der Waals surface area contributed by atoms with E-state index in [-0.39, 0.29) is 26.2 Å². The maximum absolute atomic E-state index is 2.26. The van der Waals surface area contributed by atoms with Gasteiger partial charge in [0, 0.05) is 26.2 Å². The Hall–Kier alpha value is -0.287. The fourth-order valence-electron chi connectivity index (χ4n) is 1.80. The molecular weight excluding hydrogens is 247 g/mol. The van der Waals surface area contributed by atoms with Crippen LogP contribution in [0.25, 0.3) is 10.8 Å². The normalized spacial score (nSPS) is 10.1. The zero-order valence-corrected chi connectivity index (χ0v) is 11.0. The zero-order chi connectivity index (χ0) is 9.10. The summed E-state index contributed by atoms with van der Waals surface area (Å²) in [4.78, 5) is 0. The number of benzene rings is 1. The summed E-state index contributed by atoms with van der Waals surface area (Å²) in [7, 11) is 0. The first-order valence-corrected chi connectivity index (χ1v) is 5.05. The van der Waals surface area contributed by atoms with Crippen LogP contribution in [0.3, 0.4) is 0 Å². The summed E-state index contributed by atoms with van der Waals surface area (Å²) in [6.45, 7) is 2.24. The molecule has 0 N–H and O–H groups in total. The number of hydrogen-bond donors (Lipinski definition) is 0. The summed E-state index contributed by atoms with van der Waals surface area (Å²) in [5, 5.41) is 2.82. The summed E-state index contributed by atoms with van der Waals surface area (Å²) < 4.78 is 0. The second kappa shape index (κ2) is 5.56. The van der Waals surface area contributed by atoms with Crippen molar-refractivity contribution in [2.24, 2.45) is 0 Å². The first kappa shape index (κ1) is 11.8. The van der Waals surface area contributed by atoms with Crippen molar-refractivity contribution in [3.8, 4) is 0 Å². The number of aryl methyl sites for hydroxylation is 1. The molecule has 0 amide bonds. The largest absolute Gasteiger partial charge is 0.168 e. The molecule has 0 radical (unpaired) electrons. The molecule has 2 rings (SSSR count). The number of rotatable bonds is 3. The van der Waals surface area contributed by atoms with Crippen molar-refractivity contribution in [3.05, 3.63) is 42.0 Å². The SMILES string of the molecule is CCCC[c-]1ccc2ccccc21.[Zr]. The minimum atomic E-state index is 0. The Morgan fingerprint density at radius 3 is 2.71 bits per heavy atom.